The Morgan fingerprint density at radius 2 is 1.86 bits per heavy atom. The third-order valence-electron chi connectivity index (χ3n) is 4.53. The van der Waals surface area contributed by atoms with Crippen molar-refractivity contribution < 1.29 is 9.90 Å². The highest BCUT2D eigenvalue weighted by Crippen LogP contribution is 2.18. The average Bonchev–Trinajstić information content (AvgIpc) is 3.09. The summed E-state index contributed by atoms with van der Waals surface area (Å²) < 4.78 is 0. The Morgan fingerprint density at radius 1 is 1.18 bits per heavy atom. The second-order valence-electron chi connectivity index (χ2n) is 5.82. The zero-order chi connectivity index (χ0) is 14.7. The van der Waals surface area contributed by atoms with Gasteiger partial charge in [0, 0.05) is 38.8 Å². The second kappa shape index (κ2) is 7.92. The van der Waals surface area contributed by atoms with E-state index in [-0.39, 0.29) is 18.3 Å². The molecule has 1 amide bonds. The minimum absolute atomic E-state index is 0. The number of halogens is 1. The van der Waals surface area contributed by atoms with Gasteiger partial charge in [0.25, 0.3) is 5.91 Å². The fourth-order valence-corrected chi connectivity index (χ4v) is 3.21. The van der Waals surface area contributed by atoms with Crippen LogP contribution >= 0.6 is 12.4 Å². The number of carbonyl (C=O) groups excluding carboxylic acids is 1. The molecule has 3 rings (SSSR count). The van der Waals surface area contributed by atoms with Crippen molar-refractivity contribution in [3.63, 3.8) is 0 Å². The van der Waals surface area contributed by atoms with Crippen molar-refractivity contribution in [1.29, 1.82) is 0 Å². The van der Waals surface area contributed by atoms with Crippen molar-refractivity contribution >= 4 is 18.3 Å². The monoisotopic (exact) mass is 325 g/mol. The smallest absolute Gasteiger partial charge is 0.256 e. The Bertz CT molecular complexity index is 472. The van der Waals surface area contributed by atoms with E-state index in [0.29, 0.717) is 24.7 Å². The van der Waals surface area contributed by atoms with Gasteiger partial charge in [-0.1, -0.05) is 30.3 Å². The minimum Gasteiger partial charge on any atom is -0.378 e. The average molecular weight is 326 g/mol. The number of benzene rings is 1. The predicted octanol–water partition coefficient (Wildman–Crippen LogP) is 0.648. The number of amides is 1. The number of hydrogen-bond donors (Lipinski definition) is 2. The highest BCUT2D eigenvalue weighted by molar-refractivity contribution is 5.85. The van der Waals surface area contributed by atoms with Crippen LogP contribution < -0.4 is 5.32 Å². The van der Waals surface area contributed by atoms with E-state index in [1.165, 1.54) is 6.42 Å². The number of piperazine rings is 1. The molecule has 0 aliphatic carbocycles. The predicted molar refractivity (Wildman–Crippen MR) is 88.1 cm³/mol. The quantitative estimate of drug-likeness (QED) is 0.857. The van der Waals surface area contributed by atoms with Crippen molar-refractivity contribution in [2.75, 3.05) is 39.3 Å². The first kappa shape index (κ1) is 17.2. The number of aliphatic hydroxyl groups excluding tert-OH is 1. The number of nitrogens with one attached hydrogen (secondary N) is 1. The van der Waals surface area contributed by atoms with E-state index >= 15 is 0 Å². The van der Waals surface area contributed by atoms with Crippen LogP contribution in [0.4, 0.5) is 0 Å². The molecule has 2 fully saturated rings. The second-order valence-corrected chi connectivity index (χ2v) is 5.82. The first-order chi connectivity index (χ1) is 10.3. The summed E-state index contributed by atoms with van der Waals surface area (Å²) in [5.74, 6) is -0.176. The van der Waals surface area contributed by atoms with E-state index in [2.05, 4.69) is 10.2 Å². The largest absolute Gasteiger partial charge is 0.378 e. The molecule has 2 aliphatic rings. The van der Waals surface area contributed by atoms with E-state index in [1.54, 1.807) is 17.0 Å². The molecular formula is C16H24ClN3O2. The Balaban J connectivity index is 0.00000176. The lowest BCUT2D eigenvalue weighted by Gasteiger charge is -2.38. The van der Waals surface area contributed by atoms with Gasteiger partial charge in [-0.15, -0.1) is 12.4 Å². The third-order valence-corrected chi connectivity index (χ3v) is 4.53. The minimum atomic E-state index is -1.04. The Kier molecular flexibility index (Phi) is 6.20. The molecule has 2 heterocycles. The maximum Gasteiger partial charge on any atom is 0.256 e. The van der Waals surface area contributed by atoms with Crippen molar-refractivity contribution in [3.05, 3.63) is 35.9 Å². The van der Waals surface area contributed by atoms with Gasteiger partial charge in [-0.3, -0.25) is 9.69 Å². The molecule has 2 N–H and O–H groups in total. The molecule has 2 saturated heterocycles. The van der Waals surface area contributed by atoms with Crippen LogP contribution in [0, 0.1) is 0 Å². The first-order valence-electron chi connectivity index (χ1n) is 7.72. The Morgan fingerprint density at radius 3 is 2.45 bits per heavy atom. The molecule has 2 unspecified atom stereocenters. The maximum atomic E-state index is 12.4. The zero-order valence-electron chi connectivity index (χ0n) is 12.6. The number of nitrogens with zero attached hydrogens (tertiary/aromatic N) is 2. The lowest BCUT2D eigenvalue weighted by atomic mass is 10.1. The molecule has 1 aromatic rings. The van der Waals surface area contributed by atoms with Crippen LogP contribution in [0.25, 0.3) is 0 Å². The number of hydrogen-bond acceptors (Lipinski definition) is 4. The van der Waals surface area contributed by atoms with Crippen LogP contribution in [-0.2, 0) is 4.79 Å². The van der Waals surface area contributed by atoms with Gasteiger partial charge >= 0.3 is 0 Å². The molecule has 22 heavy (non-hydrogen) atoms. The molecule has 0 aromatic heterocycles. The third kappa shape index (κ3) is 3.79. The van der Waals surface area contributed by atoms with Gasteiger partial charge in [-0.05, 0) is 18.5 Å². The standard InChI is InChI=1S/C16H23N3O2.ClH/c20-15(13-4-2-1-3-5-13)16(21)19-10-8-18(9-11-19)14-6-7-17-12-14;/h1-5,14-15,17,20H,6-12H2;1H. The normalized spacial score (nSPS) is 23.9. The number of carbonyl (C=O) groups is 1. The van der Waals surface area contributed by atoms with Crippen molar-refractivity contribution in [2.24, 2.45) is 0 Å². The Hall–Kier alpha value is -1.14. The van der Waals surface area contributed by atoms with Gasteiger partial charge in [0.1, 0.15) is 0 Å². The SMILES string of the molecule is Cl.O=C(C(O)c1ccccc1)N1CCN(C2CCNC2)CC1. The molecule has 0 spiro atoms. The van der Waals surface area contributed by atoms with Gasteiger partial charge in [0.05, 0.1) is 0 Å². The fraction of sp³-hybridized carbons (Fsp3) is 0.562. The van der Waals surface area contributed by atoms with Gasteiger partial charge in [-0.25, -0.2) is 0 Å². The summed E-state index contributed by atoms with van der Waals surface area (Å²) in [6.45, 7) is 5.37. The van der Waals surface area contributed by atoms with Crippen LogP contribution in [0.15, 0.2) is 30.3 Å². The summed E-state index contributed by atoms with van der Waals surface area (Å²) in [6.07, 6.45) is 0.159. The molecule has 122 valence electrons. The van der Waals surface area contributed by atoms with Crippen molar-refractivity contribution in [2.45, 2.75) is 18.6 Å². The van der Waals surface area contributed by atoms with Gasteiger partial charge in [-0.2, -0.15) is 0 Å². The highest BCUT2D eigenvalue weighted by atomic mass is 35.5. The molecule has 0 bridgehead atoms. The van der Waals surface area contributed by atoms with E-state index in [9.17, 15) is 9.90 Å². The highest BCUT2D eigenvalue weighted by Gasteiger charge is 2.30. The van der Waals surface area contributed by atoms with Crippen molar-refractivity contribution in [3.8, 4) is 0 Å². The zero-order valence-corrected chi connectivity index (χ0v) is 13.5. The van der Waals surface area contributed by atoms with E-state index in [4.69, 9.17) is 0 Å². The summed E-state index contributed by atoms with van der Waals surface area (Å²) in [5, 5.41) is 13.6. The van der Waals surface area contributed by atoms with Crippen LogP contribution in [0.3, 0.4) is 0 Å². The van der Waals surface area contributed by atoms with E-state index in [1.807, 2.05) is 18.2 Å². The molecular weight excluding hydrogens is 302 g/mol. The molecule has 5 nitrogen and oxygen atoms in total. The van der Waals surface area contributed by atoms with Crippen LogP contribution in [0.5, 0.6) is 0 Å². The molecule has 1 aromatic carbocycles. The van der Waals surface area contributed by atoms with Gasteiger partial charge in [0.2, 0.25) is 0 Å². The lowest BCUT2D eigenvalue weighted by Crippen LogP contribution is -2.53. The topological polar surface area (TPSA) is 55.8 Å². The number of aliphatic hydroxyl groups is 1. The summed E-state index contributed by atoms with van der Waals surface area (Å²) in [4.78, 5) is 16.6. The molecule has 0 saturated carbocycles. The summed E-state index contributed by atoms with van der Waals surface area (Å²) >= 11 is 0. The Labute approximate surface area is 137 Å². The lowest BCUT2D eigenvalue weighted by molar-refractivity contribution is -0.142. The molecule has 2 aliphatic heterocycles. The summed E-state index contributed by atoms with van der Waals surface area (Å²) in [6, 6.07) is 9.77. The molecule has 2 atom stereocenters. The fourth-order valence-electron chi connectivity index (χ4n) is 3.21. The van der Waals surface area contributed by atoms with E-state index in [0.717, 1.165) is 26.2 Å². The molecule has 0 radical (unpaired) electrons. The summed E-state index contributed by atoms with van der Waals surface area (Å²) in [7, 11) is 0. The van der Waals surface area contributed by atoms with Gasteiger partial charge in [0.15, 0.2) is 6.10 Å². The van der Waals surface area contributed by atoms with Crippen LogP contribution in [0.2, 0.25) is 0 Å². The maximum absolute atomic E-state index is 12.4. The first-order valence-corrected chi connectivity index (χ1v) is 7.72. The van der Waals surface area contributed by atoms with Crippen LogP contribution in [0.1, 0.15) is 18.1 Å². The van der Waals surface area contributed by atoms with E-state index < -0.39 is 6.10 Å². The summed E-state index contributed by atoms with van der Waals surface area (Å²) in [5.41, 5.74) is 0.671. The molecule has 6 heteroatoms. The number of rotatable bonds is 3. The van der Waals surface area contributed by atoms with Crippen molar-refractivity contribution in [1.82, 2.24) is 15.1 Å². The van der Waals surface area contributed by atoms with Gasteiger partial charge < -0.3 is 15.3 Å². The van der Waals surface area contributed by atoms with Crippen LogP contribution in [-0.4, -0.2) is 66.1 Å².